The Hall–Kier alpha value is -1.71. The molecule has 2 N–H and O–H groups in total. The van der Waals surface area contributed by atoms with Gasteiger partial charge >= 0.3 is 0 Å². The second kappa shape index (κ2) is 11.0. The van der Waals surface area contributed by atoms with Crippen molar-refractivity contribution in [1.29, 1.82) is 0 Å². The van der Waals surface area contributed by atoms with Crippen molar-refractivity contribution in [1.82, 2.24) is 0 Å². The minimum Gasteiger partial charge on any atom is -0.450 e. The second-order valence-electron chi connectivity index (χ2n) is 4.57. The van der Waals surface area contributed by atoms with Gasteiger partial charge < -0.3 is 19.7 Å². The number of aliphatic hydroxyl groups excluding tert-OH is 2. The van der Waals surface area contributed by atoms with Crippen LogP contribution in [-0.4, -0.2) is 42.7 Å². The molecule has 0 saturated heterocycles. The Bertz CT molecular complexity index is 557. The molecule has 0 radical (unpaired) electrons. The van der Waals surface area contributed by atoms with Gasteiger partial charge in [-0.05, 0) is 0 Å². The molecule has 0 amide bonds. The Kier molecular flexibility index (Phi) is 10.3. The van der Waals surface area contributed by atoms with Crippen molar-refractivity contribution in [3.8, 4) is 0 Å². The smallest absolute Gasteiger partial charge is 0.221 e. The molecule has 5 nitrogen and oxygen atoms in total. The number of benzene rings is 1. The third-order valence-electron chi connectivity index (χ3n) is 3.18. The number of aliphatic hydroxyl groups is 2. The Balaban J connectivity index is 0.00000134. The first-order valence-electron chi connectivity index (χ1n) is 7.54. The van der Waals surface area contributed by atoms with Crippen molar-refractivity contribution in [3.63, 3.8) is 0 Å². The molecule has 0 aromatic heterocycles. The molecule has 144 valence electrons. The number of halogens is 4. The van der Waals surface area contributed by atoms with Gasteiger partial charge in [0.1, 0.15) is 6.04 Å². The van der Waals surface area contributed by atoms with Crippen LogP contribution in [0.5, 0.6) is 0 Å². The summed E-state index contributed by atoms with van der Waals surface area (Å²) in [6, 6.07) is -0.725. The van der Waals surface area contributed by atoms with Crippen LogP contribution in [-0.2, 0) is 9.47 Å². The minimum absolute atomic E-state index is 0.122. The Morgan fingerprint density at radius 1 is 1.16 bits per heavy atom. The fourth-order valence-electron chi connectivity index (χ4n) is 2.18. The van der Waals surface area contributed by atoms with E-state index >= 15 is 0 Å². The summed E-state index contributed by atoms with van der Waals surface area (Å²) in [6.07, 6.45) is -2.83. The van der Waals surface area contributed by atoms with Crippen LogP contribution in [0, 0.1) is 23.3 Å². The van der Waals surface area contributed by atoms with Crippen LogP contribution in [0.25, 0.3) is 0 Å². The minimum atomic E-state index is -1.53. The molecule has 1 aromatic carbocycles. The molecule has 2 rings (SSSR count). The van der Waals surface area contributed by atoms with Gasteiger partial charge in [0.05, 0.1) is 11.7 Å². The maximum absolute atomic E-state index is 13.7. The number of ether oxygens (including phenoxy) is 2. The zero-order valence-electron chi connectivity index (χ0n) is 14.7. The molecular weight excluding hydrogens is 346 g/mol. The van der Waals surface area contributed by atoms with Gasteiger partial charge in [0.25, 0.3) is 0 Å². The summed E-state index contributed by atoms with van der Waals surface area (Å²) in [5.41, 5.74) is -0.873. The highest BCUT2D eigenvalue weighted by atomic mass is 19.2. The predicted octanol–water partition coefficient (Wildman–Crippen LogP) is 3.09. The third kappa shape index (κ3) is 5.65. The van der Waals surface area contributed by atoms with E-state index in [1.807, 2.05) is 13.8 Å². The molecule has 0 fully saturated rings. The summed E-state index contributed by atoms with van der Waals surface area (Å²) in [5.74, 6) is -5.90. The summed E-state index contributed by atoms with van der Waals surface area (Å²) in [4.78, 5) is 3.92. The molecule has 9 heteroatoms. The van der Waals surface area contributed by atoms with Crippen molar-refractivity contribution >= 4 is 5.90 Å². The van der Waals surface area contributed by atoms with Crippen molar-refractivity contribution in [2.24, 2.45) is 4.99 Å². The molecule has 3 unspecified atom stereocenters. The average Bonchev–Trinajstić information content (AvgIpc) is 2.93. The van der Waals surface area contributed by atoms with Crippen molar-refractivity contribution < 1.29 is 37.2 Å². The predicted molar refractivity (Wildman–Crippen MR) is 84.1 cm³/mol. The summed E-state index contributed by atoms with van der Waals surface area (Å²) < 4.78 is 63.7. The van der Waals surface area contributed by atoms with Crippen molar-refractivity contribution in [2.45, 2.75) is 45.6 Å². The molecule has 0 saturated carbocycles. The van der Waals surface area contributed by atoms with Gasteiger partial charge in [-0.3, -0.25) is 0 Å². The van der Waals surface area contributed by atoms with E-state index in [9.17, 15) is 22.7 Å². The van der Waals surface area contributed by atoms with Crippen LogP contribution in [0.2, 0.25) is 0 Å². The number of aliphatic imine (C=N–C) groups is 1. The zero-order chi connectivity index (χ0) is 19.7. The maximum atomic E-state index is 13.7. The lowest BCUT2D eigenvalue weighted by atomic mass is 10.00. The highest BCUT2D eigenvalue weighted by molar-refractivity contribution is 5.75. The van der Waals surface area contributed by atoms with Crippen molar-refractivity contribution in [3.05, 3.63) is 34.9 Å². The summed E-state index contributed by atoms with van der Waals surface area (Å²) in [7, 11) is 2.13. The standard InChI is InChI=1S/C13H13F4NO3.C2H6.CH4O/c1-5-18-8(13(19)21-5)4-9(20-2)10-11(16)6(14)3-7(15)12(10)17;2*1-2/h3,8-9,13,19H,4H2,1-2H3;1-2H3;2H,1H3. The Morgan fingerprint density at radius 3 is 2.00 bits per heavy atom. The fourth-order valence-corrected chi connectivity index (χ4v) is 2.18. The van der Waals surface area contributed by atoms with Gasteiger partial charge in [0.2, 0.25) is 6.29 Å². The number of hydrogen-bond acceptors (Lipinski definition) is 5. The van der Waals surface area contributed by atoms with E-state index in [0.29, 0.717) is 0 Å². The first kappa shape index (κ1) is 23.3. The molecule has 1 aliphatic heterocycles. The van der Waals surface area contributed by atoms with E-state index in [4.69, 9.17) is 14.6 Å². The van der Waals surface area contributed by atoms with E-state index in [-0.39, 0.29) is 18.4 Å². The van der Waals surface area contributed by atoms with E-state index < -0.39 is 47.3 Å². The number of hydrogen-bond donors (Lipinski definition) is 2. The topological polar surface area (TPSA) is 71.3 Å². The highest BCUT2D eigenvalue weighted by Crippen LogP contribution is 2.32. The SMILES string of the molecule is CC.CO.COC(CC1N=C(C)OC1O)c1c(F)c(F)cc(F)c1F. The zero-order valence-corrected chi connectivity index (χ0v) is 14.7. The first-order chi connectivity index (χ1) is 11.8. The fraction of sp³-hybridized carbons (Fsp3) is 0.562. The highest BCUT2D eigenvalue weighted by Gasteiger charge is 2.34. The number of rotatable bonds is 4. The third-order valence-corrected chi connectivity index (χ3v) is 3.18. The lowest BCUT2D eigenvalue weighted by Crippen LogP contribution is -2.25. The van der Waals surface area contributed by atoms with Crippen LogP contribution in [0.3, 0.4) is 0 Å². The van der Waals surface area contributed by atoms with Gasteiger partial charge in [0.15, 0.2) is 29.2 Å². The molecule has 0 bridgehead atoms. The quantitative estimate of drug-likeness (QED) is 0.632. The Labute approximate surface area is 143 Å². The first-order valence-corrected chi connectivity index (χ1v) is 7.54. The largest absolute Gasteiger partial charge is 0.450 e. The Morgan fingerprint density at radius 2 is 1.64 bits per heavy atom. The van der Waals surface area contributed by atoms with Crippen LogP contribution in [0.4, 0.5) is 17.6 Å². The molecule has 3 atom stereocenters. The summed E-state index contributed by atoms with van der Waals surface area (Å²) >= 11 is 0. The van der Waals surface area contributed by atoms with Crippen molar-refractivity contribution in [2.75, 3.05) is 14.2 Å². The van der Waals surface area contributed by atoms with E-state index in [1.54, 1.807) is 0 Å². The van der Waals surface area contributed by atoms with Gasteiger partial charge in [-0.15, -0.1) is 0 Å². The molecular formula is C16H23F4NO4. The summed E-state index contributed by atoms with van der Waals surface area (Å²) in [6.45, 7) is 5.49. The molecule has 1 aromatic rings. The van der Waals surface area contributed by atoms with Crippen LogP contribution < -0.4 is 0 Å². The van der Waals surface area contributed by atoms with Crippen LogP contribution >= 0.6 is 0 Å². The van der Waals surface area contributed by atoms with Gasteiger partial charge in [-0.25, -0.2) is 22.6 Å². The summed E-state index contributed by atoms with van der Waals surface area (Å²) in [5, 5.41) is 16.6. The van der Waals surface area contributed by atoms with E-state index in [0.717, 1.165) is 14.2 Å². The molecule has 0 aliphatic carbocycles. The monoisotopic (exact) mass is 369 g/mol. The molecule has 1 heterocycles. The number of methoxy groups -OCH3 is 1. The molecule has 1 aliphatic rings. The molecule has 0 spiro atoms. The lowest BCUT2D eigenvalue weighted by Gasteiger charge is -2.21. The van der Waals surface area contributed by atoms with E-state index in [1.165, 1.54) is 6.92 Å². The van der Waals surface area contributed by atoms with Crippen LogP contribution in [0.15, 0.2) is 11.1 Å². The van der Waals surface area contributed by atoms with E-state index in [2.05, 4.69) is 4.99 Å². The normalized spacial score (nSPS) is 19.7. The average molecular weight is 369 g/mol. The van der Waals surface area contributed by atoms with Gasteiger partial charge in [-0.2, -0.15) is 0 Å². The lowest BCUT2D eigenvalue weighted by molar-refractivity contribution is -0.0412. The van der Waals surface area contributed by atoms with Gasteiger partial charge in [-0.1, -0.05) is 13.8 Å². The maximum Gasteiger partial charge on any atom is 0.221 e. The molecule has 25 heavy (non-hydrogen) atoms. The number of nitrogens with zero attached hydrogens (tertiary/aromatic N) is 1. The second-order valence-corrected chi connectivity index (χ2v) is 4.57. The van der Waals surface area contributed by atoms with Crippen LogP contribution in [0.1, 0.15) is 38.9 Å². The van der Waals surface area contributed by atoms with Gasteiger partial charge in [0, 0.05) is 33.6 Å².